The Bertz CT molecular complexity index is 357. The second-order valence-electron chi connectivity index (χ2n) is 5.72. The SMILES string of the molecule is CC1=CC2CCC1C2.CO[Si](CCCC(=O)O)(OC)OC. The van der Waals surface area contributed by atoms with Gasteiger partial charge in [0.15, 0.2) is 0 Å². The number of hydrogen-bond donors (Lipinski definition) is 1. The van der Waals surface area contributed by atoms with E-state index in [0.717, 1.165) is 11.8 Å². The smallest absolute Gasteiger partial charge is 0.481 e. The Morgan fingerprint density at radius 3 is 2.19 bits per heavy atom. The fraction of sp³-hybridized carbons (Fsp3) is 0.800. The van der Waals surface area contributed by atoms with Crippen LogP contribution >= 0.6 is 0 Å². The molecule has 0 saturated heterocycles. The molecule has 2 rings (SSSR count). The number of rotatable bonds is 7. The fourth-order valence-electron chi connectivity index (χ4n) is 3.10. The van der Waals surface area contributed by atoms with Crippen LogP contribution in [-0.4, -0.2) is 41.2 Å². The first kappa shape index (κ1) is 18.4. The molecule has 2 bridgehead atoms. The average Bonchev–Trinajstić information content (AvgIpc) is 3.06. The van der Waals surface area contributed by atoms with E-state index in [1.807, 2.05) is 0 Å². The molecular formula is C15H28O5Si. The van der Waals surface area contributed by atoms with Crippen molar-refractivity contribution in [2.45, 2.75) is 45.1 Å². The van der Waals surface area contributed by atoms with E-state index >= 15 is 0 Å². The predicted octanol–water partition coefficient (Wildman–Crippen LogP) is 3.09. The van der Waals surface area contributed by atoms with Crippen molar-refractivity contribution in [2.24, 2.45) is 11.8 Å². The maximum Gasteiger partial charge on any atom is 0.500 e. The van der Waals surface area contributed by atoms with E-state index in [1.54, 1.807) is 5.57 Å². The number of hydrogen-bond acceptors (Lipinski definition) is 4. The Kier molecular flexibility index (Phi) is 7.59. The highest BCUT2D eigenvalue weighted by Gasteiger charge is 2.37. The molecule has 2 atom stereocenters. The number of carboxylic acids is 1. The summed E-state index contributed by atoms with van der Waals surface area (Å²) in [6.07, 6.45) is 7.52. The van der Waals surface area contributed by atoms with Crippen molar-refractivity contribution in [1.82, 2.24) is 0 Å². The van der Waals surface area contributed by atoms with Gasteiger partial charge < -0.3 is 18.4 Å². The first-order chi connectivity index (χ1) is 9.96. The maximum absolute atomic E-state index is 10.2. The molecule has 0 aromatic heterocycles. The predicted molar refractivity (Wildman–Crippen MR) is 83.0 cm³/mol. The van der Waals surface area contributed by atoms with Crippen molar-refractivity contribution in [2.75, 3.05) is 21.3 Å². The minimum atomic E-state index is -2.55. The molecule has 1 saturated carbocycles. The molecule has 0 spiro atoms. The molecule has 5 nitrogen and oxygen atoms in total. The van der Waals surface area contributed by atoms with Crippen molar-refractivity contribution >= 4 is 14.8 Å². The molecule has 2 aliphatic carbocycles. The summed E-state index contributed by atoms with van der Waals surface area (Å²) in [4.78, 5) is 10.2. The van der Waals surface area contributed by atoms with Gasteiger partial charge in [-0.2, -0.15) is 0 Å². The Balaban J connectivity index is 0.000000230. The van der Waals surface area contributed by atoms with E-state index in [1.165, 1.54) is 40.6 Å². The van der Waals surface area contributed by atoms with Gasteiger partial charge in [-0.1, -0.05) is 11.6 Å². The zero-order valence-electron chi connectivity index (χ0n) is 13.6. The summed E-state index contributed by atoms with van der Waals surface area (Å²) in [6.45, 7) is 2.28. The number of carboxylic acid groups (broad SMARTS) is 1. The summed E-state index contributed by atoms with van der Waals surface area (Å²) in [5.41, 5.74) is 1.67. The van der Waals surface area contributed by atoms with E-state index in [4.69, 9.17) is 18.4 Å². The Hall–Kier alpha value is -0.693. The van der Waals surface area contributed by atoms with Gasteiger partial charge in [0.1, 0.15) is 0 Å². The molecule has 2 unspecified atom stereocenters. The lowest BCUT2D eigenvalue weighted by Crippen LogP contribution is -2.42. The van der Waals surface area contributed by atoms with Gasteiger partial charge in [-0.05, 0) is 44.4 Å². The maximum atomic E-state index is 10.2. The van der Waals surface area contributed by atoms with Crippen LogP contribution < -0.4 is 0 Å². The molecule has 0 aromatic rings. The second-order valence-corrected chi connectivity index (χ2v) is 8.81. The third-order valence-electron chi connectivity index (χ3n) is 4.42. The first-order valence-electron chi connectivity index (χ1n) is 7.52. The zero-order valence-corrected chi connectivity index (χ0v) is 14.6. The van der Waals surface area contributed by atoms with Crippen LogP contribution in [0.3, 0.4) is 0 Å². The van der Waals surface area contributed by atoms with Crippen LogP contribution in [0.25, 0.3) is 0 Å². The van der Waals surface area contributed by atoms with Gasteiger partial charge in [0.05, 0.1) is 0 Å². The van der Waals surface area contributed by atoms with Gasteiger partial charge in [0, 0.05) is 33.8 Å². The quantitative estimate of drug-likeness (QED) is 0.577. The normalized spacial score (nSPS) is 23.5. The molecule has 21 heavy (non-hydrogen) atoms. The highest BCUT2D eigenvalue weighted by Crippen LogP contribution is 2.43. The zero-order chi connectivity index (χ0) is 15.9. The number of aliphatic carboxylic acids is 1. The van der Waals surface area contributed by atoms with Crippen LogP contribution in [0.15, 0.2) is 11.6 Å². The van der Waals surface area contributed by atoms with Crippen molar-refractivity contribution in [1.29, 1.82) is 0 Å². The molecule has 0 amide bonds. The van der Waals surface area contributed by atoms with Gasteiger partial charge in [0.2, 0.25) is 0 Å². The molecule has 6 heteroatoms. The second kappa shape index (κ2) is 8.68. The number of carbonyl (C=O) groups is 1. The lowest BCUT2D eigenvalue weighted by atomic mass is 10.0. The molecule has 0 heterocycles. The Labute approximate surface area is 128 Å². The molecule has 2 aliphatic rings. The van der Waals surface area contributed by atoms with Crippen LogP contribution in [0.4, 0.5) is 0 Å². The van der Waals surface area contributed by atoms with E-state index in [2.05, 4.69) is 13.0 Å². The van der Waals surface area contributed by atoms with E-state index in [0.29, 0.717) is 12.5 Å². The summed E-state index contributed by atoms with van der Waals surface area (Å²) in [7, 11) is 1.99. The summed E-state index contributed by atoms with van der Waals surface area (Å²) < 4.78 is 15.4. The largest absolute Gasteiger partial charge is 0.500 e. The number of allylic oxidation sites excluding steroid dienone is 2. The molecule has 0 radical (unpaired) electrons. The Morgan fingerprint density at radius 2 is 1.90 bits per heavy atom. The standard InChI is InChI=1S/C8H12.C7H16O5Si/c1-6-4-7-2-3-8(6)5-7;1-10-13(11-2,12-3)6-4-5-7(8)9/h4,7-8H,2-3,5H2,1H3;4-6H2,1-3H3,(H,8,9). The lowest BCUT2D eigenvalue weighted by molar-refractivity contribution is -0.137. The van der Waals surface area contributed by atoms with E-state index < -0.39 is 14.8 Å². The third-order valence-corrected chi connectivity index (χ3v) is 7.25. The molecule has 1 fully saturated rings. The minimum Gasteiger partial charge on any atom is -0.481 e. The van der Waals surface area contributed by atoms with Crippen LogP contribution in [0.1, 0.15) is 39.0 Å². The summed E-state index contributed by atoms with van der Waals surface area (Å²) in [5.74, 6) is 1.17. The molecule has 0 aliphatic heterocycles. The summed E-state index contributed by atoms with van der Waals surface area (Å²) in [6, 6.07) is 0.531. The fourth-order valence-corrected chi connectivity index (χ4v) is 4.82. The Morgan fingerprint density at radius 1 is 1.29 bits per heavy atom. The van der Waals surface area contributed by atoms with E-state index in [-0.39, 0.29) is 6.42 Å². The van der Waals surface area contributed by atoms with Crippen molar-refractivity contribution < 1.29 is 23.2 Å². The van der Waals surface area contributed by atoms with Gasteiger partial charge in [-0.25, -0.2) is 0 Å². The topological polar surface area (TPSA) is 65.0 Å². The highest BCUT2D eigenvalue weighted by molar-refractivity contribution is 6.60. The summed E-state index contributed by atoms with van der Waals surface area (Å²) in [5, 5.41) is 8.42. The minimum absolute atomic E-state index is 0.116. The molecule has 122 valence electrons. The lowest BCUT2D eigenvalue weighted by Gasteiger charge is -2.23. The third kappa shape index (κ3) is 5.54. The van der Waals surface area contributed by atoms with Crippen molar-refractivity contribution in [3.05, 3.63) is 11.6 Å². The molecular weight excluding hydrogens is 288 g/mol. The summed E-state index contributed by atoms with van der Waals surface area (Å²) >= 11 is 0. The van der Waals surface area contributed by atoms with Crippen LogP contribution in [0, 0.1) is 11.8 Å². The number of fused-ring (bicyclic) bond motifs is 2. The van der Waals surface area contributed by atoms with Crippen LogP contribution in [0.2, 0.25) is 6.04 Å². The highest BCUT2D eigenvalue weighted by atomic mass is 28.4. The monoisotopic (exact) mass is 316 g/mol. The average molecular weight is 316 g/mol. The van der Waals surface area contributed by atoms with Crippen molar-refractivity contribution in [3.63, 3.8) is 0 Å². The molecule has 0 aromatic carbocycles. The van der Waals surface area contributed by atoms with Gasteiger partial charge in [0.25, 0.3) is 0 Å². The van der Waals surface area contributed by atoms with Gasteiger partial charge >= 0.3 is 14.8 Å². The van der Waals surface area contributed by atoms with Crippen molar-refractivity contribution in [3.8, 4) is 0 Å². The molecule has 1 N–H and O–H groups in total. The van der Waals surface area contributed by atoms with Gasteiger partial charge in [-0.3, -0.25) is 4.79 Å². The van der Waals surface area contributed by atoms with Crippen LogP contribution in [-0.2, 0) is 18.1 Å². The van der Waals surface area contributed by atoms with E-state index in [9.17, 15) is 4.79 Å². The van der Waals surface area contributed by atoms with Crippen LogP contribution in [0.5, 0.6) is 0 Å². The van der Waals surface area contributed by atoms with Gasteiger partial charge in [-0.15, -0.1) is 0 Å². The first-order valence-corrected chi connectivity index (χ1v) is 9.45.